The predicted octanol–water partition coefficient (Wildman–Crippen LogP) is 1.33. The van der Waals surface area contributed by atoms with Crippen LogP contribution in [0, 0.1) is 19.8 Å². The second-order valence-corrected chi connectivity index (χ2v) is 8.99. The fourth-order valence-corrected chi connectivity index (χ4v) is 5.00. The zero-order valence-electron chi connectivity index (χ0n) is 16.0. The quantitative estimate of drug-likeness (QED) is 0.730. The van der Waals surface area contributed by atoms with Gasteiger partial charge in [0.15, 0.2) is 5.76 Å². The molecule has 1 fully saturated rings. The zero-order valence-corrected chi connectivity index (χ0v) is 16.9. The number of nitrogens with zero attached hydrogens (tertiary/aromatic N) is 2. The van der Waals surface area contributed by atoms with Crippen LogP contribution in [0.5, 0.6) is 0 Å². The van der Waals surface area contributed by atoms with Crippen LogP contribution in [0.25, 0.3) is 0 Å². The van der Waals surface area contributed by atoms with E-state index in [1.54, 1.807) is 13.8 Å². The Kier molecular flexibility index (Phi) is 6.46. The van der Waals surface area contributed by atoms with Gasteiger partial charge in [-0.25, -0.2) is 8.42 Å². The Labute approximate surface area is 155 Å². The molecule has 1 aliphatic rings. The van der Waals surface area contributed by atoms with Gasteiger partial charge in [0.05, 0.1) is 0 Å². The lowest BCUT2D eigenvalue weighted by atomic mass is 9.93. The molecule has 0 saturated carbocycles. The summed E-state index contributed by atoms with van der Waals surface area (Å²) in [4.78, 5) is 12.5. The predicted molar refractivity (Wildman–Crippen MR) is 98.0 cm³/mol. The van der Waals surface area contributed by atoms with E-state index in [0.29, 0.717) is 43.9 Å². The van der Waals surface area contributed by atoms with Gasteiger partial charge in [-0.15, -0.1) is 0 Å². The minimum Gasteiger partial charge on any atom is -0.360 e. The molecule has 0 radical (unpaired) electrons. The second-order valence-electron chi connectivity index (χ2n) is 7.12. The molecule has 1 saturated heterocycles. The normalized spacial score (nSPS) is 17.4. The summed E-state index contributed by atoms with van der Waals surface area (Å²) < 4.78 is 32.0. The van der Waals surface area contributed by atoms with Gasteiger partial charge in [-0.2, -0.15) is 4.31 Å². The molecule has 1 aromatic heterocycles. The van der Waals surface area contributed by atoms with Gasteiger partial charge in [0, 0.05) is 31.1 Å². The number of aromatic nitrogens is 1. The van der Waals surface area contributed by atoms with Crippen molar-refractivity contribution in [2.24, 2.45) is 11.7 Å². The molecule has 0 unspecified atom stereocenters. The van der Waals surface area contributed by atoms with E-state index in [9.17, 15) is 13.2 Å². The number of piperidine rings is 1. The Morgan fingerprint density at radius 2 is 1.88 bits per heavy atom. The van der Waals surface area contributed by atoms with Crippen LogP contribution >= 0.6 is 0 Å². The number of carbonyl (C=O) groups excluding carboxylic acids is 1. The van der Waals surface area contributed by atoms with Gasteiger partial charge in [-0.3, -0.25) is 4.79 Å². The van der Waals surface area contributed by atoms with E-state index < -0.39 is 10.0 Å². The Morgan fingerprint density at radius 3 is 2.35 bits per heavy atom. The van der Waals surface area contributed by atoms with Crippen molar-refractivity contribution in [3.63, 3.8) is 0 Å². The van der Waals surface area contributed by atoms with Crippen LogP contribution in [0.1, 0.15) is 51.0 Å². The summed E-state index contributed by atoms with van der Waals surface area (Å²) in [5.74, 6) is 0.0565. The third-order valence-corrected chi connectivity index (χ3v) is 7.56. The Bertz CT molecular complexity index is 712. The first-order valence-corrected chi connectivity index (χ1v) is 10.6. The second kappa shape index (κ2) is 8.06. The van der Waals surface area contributed by atoms with Crippen molar-refractivity contribution in [3.8, 4) is 0 Å². The molecular weight excluding hydrogens is 356 g/mol. The minimum absolute atomic E-state index is 0.0453. The third-order valence-electron chi connectivity index (χ3n) is 5.41. The van der Waals surface area contributed by atoms with E-state index in [2.05, 4.69) is 10.5 Å². The molecule has 0 aliphatic carbocycles. The van der Waals surface area contributed by atoms with Crippen LogP contribution in [0.2, 0.25) is 0 Å². The number of nitrogens with two attached hydrogens (primary N) is 1. The van der Waals surface area contributed by atoms with Crippen molar-refractivity contribution in [2.45, 2.75) is 63.8 Å². The molecule has 0 bridgehead atoms. The number of nitrogens with one attached hydrogen (secondary N) is 1. The van der Waals surface area contributed by atoms with Gasteiger partial charge >= 0.3 is 0 Å². The number of amides is 1. The molecular formula is C17H30N4O4S. The lowest BCUT2D eigenvalue weighted by Gasteiger charge is -2.32. The largest absolute Gasteiger partial charge is 0.360 e. The summed E-state index contributed by atoms with van der Waals surface area (Å²) in [5, 5.41) is 6.66. The summed E-state index contributed by atoms with van der Waals surface area (Å²) in [6.45, 7) is 8.27. The summed E-state index contributed by atoms with van der Waals surface area (Å²) in [7, 11) is -3.65. The van der Waals surface area contributed by atoms with Gasteiger partial charge in [0.1, 0.15) is 10.6 Å². The number of carbonyl (C=O) groups is 1. The highest BCUT2D eigenvalue weighted by Gasteiger charge is 2.35. The molecule has 148 valence electrons. The smallest absolute Gasteiger partial charge is 0.248 e. The first-order valence-electron chi connectivity index (χ1n) is 9.14. The van der Waals surface area contributed by atoms with Crippen LogP contribution < -0.4 is 11.1 Å². The fourth-order valence-electron chi connectivity index (χ4n) is 3.24. The van der Waals surface area contributed by atoms with Crippen molar-refractivity contribution in [1.82, 2.24) is 14.8 Å². The number of rotatable bonds is 7. The lowest BCUT2D eigenvalue weighted by molar-refractivity contribution is -0.126. The van der Waals surface area contributed by atoms with Gasteiger partial charge < -0.3 is 15.6 Å². The van der Waals surface area contributed by atoms with Crippen molar-refractivity contribution < 1.29 is 17.7 Å². The first-order chi connectivity index (χ1) is 12.1. The number of hydrogen-bond acceptors (Lipinski definition) is 6. The third kappa shape index (κ3) is 4.27. The molecule has 0 atom stereocenters. The van der Waals surface area contributed by atoms with Gasteiger partial charge in [0.2, 0.25) is 15.9 Å². The molecule has 9 heteroatoms. The van der Waals surface area contributed by atoms with Crippen LogP contribution in [0.4, 0.5) is 0 Å². The van der Waals surface area contributed by atoms with E-state index in [0.717, 1.165) is 12.8 Å². The Hall–Kier alpha value is -1.45. The Morgan fingerprint density at radius 1 is 1.31 bits per heavy atom. The van der Waals surface area contributed by atoms with Crippen molar-refractivity contribution in [1.29, 1.82) is 0 Å². The SMILES string of the molecule is CCC(N)(CC)CNC(=O)C1CCN(S(=O)(=O)c2c(C)noc2C)CC1. The minimum atomic E-state index is -3.65. The molecule has 2 heterocycles. The maximum absolute atomic E-state index is 12.8. The fraction of sp³-hybridized carbons (Fsp3) is 0.765. The maximum Gasteiger partial charge on any atom is 0.248 e. The molecule has 8 nitrogen and oxygen atoms in total. The summed E-state index contributed by atoms with van der Waals surface area (Å²) in [6.07, 6.45) is 2.56. The van der Waals surface area contributed by atoms with Crippen molar-refractivity contribution >= 4 is 15.9 Å². The van der Waals surface area contributed by atoms with Gasteiger partial charge in [-0.1, -0.05) is 19.0 Å². The zero-order chi connectivity index (χ0) is 19.5. The molecule has 1 aliphatic heterocycles. The lowest BCUT2D eigenvalue weighted by Crippen LogP contribution is -2.51. The van der Waals surface area contributed by atoms with E-state index in [-0.39, 0.29) is 22.3 Å². The summed E-state index contributed by atoms with van der Waals surface area (Å²) in [5.41, 5.74) is 6.19. The molecule has 1 amide bonds. The molecule has 3 N–H and O–H groups in total. The van der Waals surface area contributed by atoms with E-state index >= 15 is 0 Å². The standard InChI is InChI=1S/C17H30N4O4S/c1-5-17(18,6-2)11-19-16(22)14-7-9-21(10-8-14)26(23,24)15-12(3)20-25-13(15)4/h14H,5-11,18H2,1-4H3,(H,19,22). The van der Waals surface area contributed by atoms with E-state index in [4.69, 9.17) is 10.3 Å². The van der Waals surface area contributed by atoms with E-state index in [1.807, 2.05) is 13.8 Å². The van der Waals surface area contributed by atoms with Gasteiger partial charge in [0.25, 0.3) is 0 Å². The topological polar surface area (TPSA) is 119 Å². The van der Waals surface area contributed by atoms with Crippen molar-refractivity contribution in [3.05, 3.63) is 11.5 Å². The molecule has 1 aromatic rings. The van der Waals surface area contributed by atoms with Crippen molar-refractivity contribution in [2.75, 3.05) is 19.6 Å². The van der Waals surface area contributed by atoms with E-state index in [1.165, 1.54) is 4.31 Å². The highest BCUT2D eigenvalue weighted by molar-refractivity contribution is 7.89. The molecule has 0 spiro atoms. The first kappa shape index (κ1) is 20.9. The van der Waals surface area contributed by atoms with Crippen LogP contribution in [-0.2, 0) is 14.8 Å². The molecule has 0 aromatic carbocycles. The van der Waals surface area contributed by atoms with Crippen LogP contribution in [-0.4, -0.2) is 49.0 Å². The number of hydrogen-bond donors (Lipinski definition) is 2. The number of sulfonamides is 1. The molecule has 2 rings (SSSR count). The maximum atomic E-state index is 12.8. The van der Waals surface area contributed by atoms with Crippen LogP contribution in [0.3, 0.4) is 0 Å². The van der Waals surface area contributed by atoms with Gasteiger partial charge in [-0.05, 0) is 39.5 Å². The summed E-state index contributed by atoms with van der Waals surface area (Å²) in [6, 6.07) is 0. The monoisotopic (exact) mass is 386 g/mol. The Balaban J connectivity index is 1.96. The number of aryl methyl sites for hydroxylation is 2. The summed E-state index contributed by atoms with van der Waals surface area (Å²) >= 11 is 0. The highest BCUT2D eigenvalue weighted by Crippen LogP contribution is 2.27. The average Bonchev–Trinajstić information content (AvgIpc) is 2.98. The van der Waals surface area contributed by atoms with Crippen LogP contribution in [0.15, 0.2) is 9.42 Å². The highest BCUT2D eigenvalue weighted by atomic mass is 32.2. The molecule has 26 heavy (non-hydrogen) atoms. The average molecular weight is 387 g/mol.